The zero-order valence-electron chi connectivity index (χ0n) is 17.5. The maximum absolute atomic E-state index is 12.7. The lowest BCUT2D eigenvalue weighted by Crippen LogP contribution is -2.52. The van der Waals surface area contributed by atoms with E-state index in [1.165, 1.54) is 10.3 Å². The van der Waals surface area contributed by atoms with Crippen molar-refractivity contribution in [3.63, 3.8) is 0 Å². The van der Waals surface area contributed by atoms with Crippen LogP contribution in [0.1, 0.15) is 42.6 Å². The Bertz CT molecular complexity index is 1070. The van der Waals surface area contributed by atoms with Gasteiger partial charge in [0.25, 0.3) is 0 Å². The first kappa shape index (κ1) is 19.5. The maximum atomic E-state index is 12.7. The molecule has 2 amide bonds. The second-order valence-corrected chi connectivity index (χ2v) is 9.55. The minimum atomic E-state index is -0.103. The molecule has 2 fully saturated rings. The molecule has 0 bridgehead atoms. The lowest BCUT2D eigenvalue weighted by molar-refractivity contribution is 0.115. The van der Waals surface area contributed by atoms with Gasteiger partial charge in [0.2, 0.25) is 0 Å². The van der Waals surface area contributed by atoms with Gasteiger partial charge in [-0.3, -0.25) is 9.88 Å². The number of pyridine rings is 1. The summed E-state index contributed by atoms with van der Waals surface area (Å²) in [4.78, 5) is 25.8. The molecule has 2 saturated heterocycles. The van der Waals surface area contributed by atoms with Crippen LogP contribution in [0, 0.1) is 6.92 Å². The molecule has 0 aliphatic carbocycles. The zero-order valence-corrected chi connectivity index (χ0v) is 18.3. The van der Waals surface area contributed by atoms with Crippen LogP contribution >= 0.6 is 11.3 Å². The minimum absolute atomic E-state index is 0.0555. The van der Waals surface area contributed by atoms with Gasteiger partial charge in [0.15, 0.2) is 0 Å². The van der Waals surface area contributed by atoms with E-state index in [0.29, 0.717) is 12.6 Å². The van der Waals surface area contributed by atoms with Crippen LogP contribution in [0.25, 0.3) is 10.2 Å². The van der Waals surface area contributed by atoms with Crippen molar-refractivity contribution >= 4 is 27.6 Å². The number of amides is 2. The number of piperidine rings is 1. The van der Waals surface area contributed by atoms with E-state index in [1.807, 2.05) is 29.6 Å². The summed E-state index contributed by atoms with van der Waals surface area (Å²) in [5, 5.41) is 3.31. The van der Waals surface area contributed by atoms with Gasteiger partial charge in [0, 0.05) is 44.1 Å². The smallest absolute Gasteiger partial charge is 0.318 e. The highest BCUT2D eigenvalue weighted by Gasteiger charge is 2.44. The van der Waals surface area contributed by atoms with Gasteiger partial charge < -0.3 is 10.2 Å². The van der Waals surface area contributed by atoms with Crippen molar-refractivity contribution in [2.45, 2.75) is 44.8 Å². The van der Waals surface area contributed by atoms with Crippen LogP contribution in [0.15, 0.2) is 42.0 Å². The molecule has 3 aromatic rings. The van der Waals surface area contributed by atoms with Crippen LogP contribution in [0.5, 0.6) is 0 Å². The summed E-state index contributed by atoms with van der Waals surface area (Å²) in [5.41, 5.74) is 6.33. The Morgan fingerprint density at radius 2 is 2.03 bits per heavy atom. The van der Waals surface area contributed by atoms with Crippen LogP contribution in [0.2, 0.25) is 0 Å². The first-order valence-corrected chi connectivity index (χ1v) is 11.5. The number of likely N-dealkylation sites (tertiary alicyclic amines) is 1. The van der Waals surface area contributed by atoms with E-state index < -0.39 is 0 Å². The lowest BCUT2D eigenvalue weighted by atomic mass is 9.87. The summed E-state index contributed by atoms with van der Waals surface area (Å²) in [5.74, 6) is 0. The average Bonchev–Trinajstić information content (AvgIpc) is 3.32. The Morgan fingerprint density at radius 3 is 2.83 bits per heavy atom. The average molecular weight is 422 g/mol. The third-order valence-corrected chi connectivity index (χ3v) is 7.44. The van der Waals surface area contributed by atoms with E-state index in [1.54, 1.807) is 11.3 Å². The third-order valence-electron chi connectivity index (χ3n) is 6.63. The molecule has 156 valence electrons. The number of carbonyl (C=O) groups is 1. The summed E-state index contributed by atoms with van der Waals surface area (Å²) >= 11 is 1.68. The van der Waals surface area contributed by atoms with Gasteiger partial charge in [-0.15, -0.1) is 11.3 Å². The quantitative estimate of drug-likeness (QED) is 0.688. The van der Waals surface area contributed by atoms with Gasteiger partial charge in [0.1, 0.15) is 0 Å². The Hall–Kier alpha value is -2.51. The number of nitrogens with zero attached hydrogens (tertiary/aromatic N) is 4. The predicted molar refractivity (Wildman–Crippen MR) is 119 cm³/mol. The highest BCUT2D eigenvalue weighted by atomic mass is 32.1. The molecule has 1 spiro atoms. The van der Waals surface area contributed by atoms with Crippen molar-refractivity contribution in [1.82, 2.24) is 25.1 Å². The number of rotatable bonds is 4. The van der Waals surface area contributed by atoms with Crippen molar-refractivity contribution in [2.75, 3.05) is 19.6 Å². The Labute approximate surface area is 180 Å². The van der Waals surface area contributed by atoms with Crippen LogP contribution < -0.4 is 5.32 Å². The first-order chi connectivity index (χ1) is 14.5. The molecule has 1 N–H and O–H groups in total. The number of thiazole rings is 1. The predicted octanol–water partition coefficient (Wildman–Crippen LogP) is 4.12. The Morgan fingerprint density at radius 1 is 1.20 bits per heavy atom. The number of nitrogens with one attached hydrogen (secondary N) is 1. The number of aryl methyl sites for hydroxylation is 1. The normalized spacial score (nSPS) is 20.1. The first-order valence-electron chi connectivity index (χ1n) is 10.6. The monoisotopic (exact) mass is 421 g/mol. The van der Waals surface area contributed by atoms with Crippen molar-refractivity contribution < 1.29 is 4.79 Å². The number of carbonyl (C=O) groups excluding carboxylic acids is 1. The second kappa shape index (κ2) is 7.63. The molecule has 1 atom stereocenters. The maximum Gasteiger partial charge on any atom is 0.318 e. The van der Waals surface area contributed by atoms with Crippen LogP contribution in [-0.2, 0) is 6.54 Å². The fraction of sp³-hybridized carbons (Fsp3) is 0.435. The molecule has 30 heavy (non-hydrogen) atoms. The molecular weight excluding hydrogens is 394 g/mol. The number of hydrogen-bond donors (Lipinski definition) is 1. The van der Waals surface area contributed by atoms with Gasteiger partial charge in [0.05, 0.1) is 21.3 Å². The van der Waals surface area contributed by atoms with E-state index >= 15 is 0 Å². The van der Waals surface area contributed by atoms with Crippen molar-refractivity contribution in [2.24, 2.45) is 0 Å². The largest absolute Gasteiger partial charge is 0.331 e. The molecular formula is C23H27N5OS. The summed E-state index contributed by atoms with van der Waals surface area (Å²) in [6.07, 6.45) is 3.78. The number of aromatic nitrogens is 2. The summed E-state index contributed by atoms with van der Waals surface area (Å²) in [7, 11) is 0. The molecule has 2 aliphatic rings. The van der Waals surface area contributed by atoms with E-state index in [0.717, 1.165) is 49.2 Å². The molecule has 6 nitrogen and oxygen atoms in total. The zero-order chi connectivity index (χ0) is 20.7. The third kappa shape index (κ3) is 3.68. The van der Waals surface area contributed by atoms with E-state index in [2.05, 4.69) is 51.4 Å². The Kier molecular flexibility index (Phi) is 4.95. The molecule has 7 heteroatoms. The number of hydrogen-bond acceptors (Lipinski definition) is 5. The molecule has 2 aromatic heterocycles. The molecule has 1 aromatic carbocycles. The van der Waals surface area contributed by atoms with E-state index in [-0.39, 0.29) is 11.6 Å². The lowest BCUT2D eigenvalue weighted by Gasteiger charge is -2.41. The van der Waals surface area contributed by atoms with Crippen molar-refractivity contribution in [3.8, 4) is 0 Å². The SMILES string of the molecule is Cc1cc(CN2CC3(CCN([C@@H](C)c4ccc5scnc5c4)CC3)NC2=O)ccn1. The molecule has 0 saturated carbocycles. The van der Waals surface area contributed by atoms with Crippen molar-refractivity contribution in [3.05, 3.63) is 58.9 Å². The van der Waals surface area contributed by atoms with Gasteiger partial charge in [-0.1, -0.05) is 6.07 Å². The van der Waals surface area contributed by atoms with Gasteiger partial charge >= 0.3 is 6.03 Å². The highest BCUT2D eigenvalue weighted by molar-refractivity contribution is 7.16. The topological polar surface area (TPSA) is 61.4 Å². The molecule has 0 unspecified atom stereocenters. The standard InChI is InChI=1S/C23H27N5OS/c1-16-11-18(5-8-24-16)13-28-14-23(26-22(28)29)6-9-27(10-7-23)17(2)19-3-4-21-20(12-19)25-15-30-21/h3-5,8,11-12,15,17H,6-7,9-10,13-14H2,1-2H3,(H,26,29)/t17-/m0/s1. The van der Waals surface area contributed by atoms with Crippen LogP contribution in [0.3, 0.4) is 0 Å². The Balaban J connectivity index is 1.23. The van der Waals surface area contributed by atoms with E-state index in [4.69, 9.17) is 0 Å². The van der Waals surface area contributed by atoms with E-state index in [9.17, 15) is 4.79 Å². The minimum Gasteiger partial charge on any atom is -0.331 e. The van der Waals surface area contributed by atoms with Crippen molar-refractivity contribution in [1.29, 1.82) is 0 Å². The molecule has 4 heterocycles. The summed E-state index contributed by atoms with van der Waals surface area (Å²) in [6, 6.07) is 11.1. The molecule has 5 rings (SSSR count). The fourth-order valence-electron chi connectivity index (χ4n) is 4.80. The fourth-order valence-corrected chi connectivity index (χ4v) is 5.46. The number of fused-ring (bicyclic) bond motifs is 1. The molecule has 0 radical (unpaired) electrons. The highest BCUT2D eigenvalue weighted by Crippen LogP contribution is 2.33. The van der Waals surface area contributed by atoms with Gasteiger partial charge in [-0.2, -0.15) is 0 Å². The number of urea groups is 1. The molecule has 2 aliphatic heterocycles. The summed E-state index contributed by atoms with van der Waals surface area (Å²) in [6.45, 7) is 7.65. The van der Waals surface area contributed by atoms with Crippen LogP contribution in [0.4, 0.5) is 4.79 Å². The van der Waals surface area contributed by atoms with Gasteiger partial charge in [-0.25, -0.2) is 9.78 Å². The van der Waals surface area contributed by atoms with Crippen LogP contribution in [-0.4, -0.2) is 51.0 Å². The second-order valence-electron chi connectivity index (χ2n) is 8.66. The summed E-state index contributed by atoms with van der Waals surface area (Å²) < 4.78 is 1.24. The van der Waals surface area contributed by atoms with Gasteiger partial charge in [-0.05, 0) is 62.1 Å². The number of benzene rings is 1.